The van der Waals surface area contributed by atoms with Gasteiger partial charge in [-0.1, -0.05) is 25.0 Å². The van der Waals surface area contributed by atoms with Gasteiger partial charge in [-0.3, -0.25) is 4.90 Å². The van der Waals surface area contributed by atoms with Gasteiger partial charge < -0.3 is 9.84 Å². The van der Waals surface area contributed by atoms with E-state index in [2.05, 4.69) is 4.90 Å². The quantitative estimate of drug-likeness (QED) is 0.906. The Hall–Kier alpha value is -1.39. The van der Waals surface area contributed by atoms with Crippen molar-refractivity contribution in [2.24, 2.45) is 0 Å². The Balaban J connectivity index is 1.44. The summed E-state index contributed by atoms with van der Waals surface area (Å²) in [5.41, 5.74) is 1.53. The lowest BCUT2D eigenvalue weighted by atomic mass is 10.1. The van der Waals surface area contributed by atoms with Crippen molar-refractivity contribution >= 4 is 5.97 Å². The van der Waals surface area contributed by atoms with E-state index in [0.717, 1.165) is 32.5 Å². The third-order valence-corrected chi connectivity index (χ3v) is 4.83. The molecule has 1 heterocycles. The molecule has 0 aromatic heterocycles. The van der Waals surface area contributed by atoms with E-state index in [-0.39, 0.29) is 0 Å². The van der Waals surface area contributed by atoms with Gasteiger partial charge in [0.25, 0.3) is 0 Å². The molecule has 22 heavy (non-hydrogen) atoms. The molecule has 0 unspecified atom stereocenters. The Labute approximate surface area is 132 Å². The molecule has 2 fully saturated rings. The molecule has 3 rings (SSSR count). The molecule has 0 radical (unpaired) electrons. The van der Waals surface area contributed by atoms with Gasteiger partial charge in [0, 0.05) is 19.6 Å². The van der Waals surface area contributed by atoms with Crippen LogP contribution in [0.2, 0.25) is 0 Å². The number of nitrogens with zero attached hydrogens (tertiary/aromatic N) is 1. The molecular formula is C18H25NO3. The highest BCUT2D eigenvalue weighted by Gasteiger charge is 2.24. The van der Waals surface area contributed by atoms with Crippen molar-refractivity contribution in [2.45, 2.75) is 57.3 Å². The Morgan fingerprint density at radius 1 is 1.05 bits per heavy atom. The van der Waals surface area contributed by atoms with Gasteiger partial charge in [-0.15, -0.1) is 0 Å². The van der Waals surface area contributed by atoms with Gasteiger partial charge in [0.1, 0.15) is 0 Å². The Morgan fingerprint density at radius 2 is 1.64 bits per heavy atom. The van der Waals surface area contributed by atoms with Crippen LogP contribution < -0.4 is 0 Å². The van der Waals surface area contributed by atoms with Crippen LogP contribution in [0, 0.1) is 0 Å². The van der Waals surface area contributed by atoms with Gasteiger partial charge in [-0.25, -0.2) is 4.79 Å². The normalized spacial score (nSPS) is 21.3. The number of carboxylic acids is 1. The molecule has 1 N–H and O–H groups in total. The zero-order chi connectivity index (χ0) is 15.4. The lowest BCUT2D eigenvalue weighted by Crippen LogP contribution is -2.37. The number of rotatable bonds is 5. The standard InChI is InChI=1S/C18H25NO3/c20-18(21)15-7-5-14(6-8-15)13-19-11-9-17(10-12-19)22-16-3-1-2-4-16/h5-8,16-17H,1-4,9-13H2,(H,20,21). The number of hydrogen-bond donors (Lipinski definition) is 1. The highest BCUT2D eigenvalue weighted by atomic mass is 16.5. The highest BCUT2D eigenvalue weighted by molar-refractivity contribution is 5.87. The van der Waals surface area contributed by atoms with Crippen LogP contribution in [0.15, 0.2) is 24.3 Å². The van der Waals surface area contributed by atoms with Gasteiger partial charge in [0.05, 0.1) is 17.8 Å². The highest BCUT2D eigenvalue weighted by Crippen LogP contribution is 2.25. The van der Waals surface area contributed by atoms with Crippen LogP contribution in [0.25, 0.3) is 0 Å². The predicted octanol–water partition coefficient (Wildman–Crippen LogP) is 3.31. The number of aromatic carboxylic acids is 1. The lowest BCUT2D eigenvalue weighted by molar-refractivity contribution is -0.0399. The van der Waals surface area contributed by atoms with Crippen molar-refractivity contribution in [2.75, 3.05) is 13.1 Å². The minimum atomic E-state index is -0.864. The summed E-state index contributed by atoms with van der Waals surface area (Å²) in [6.07, 6.45) is 8.33. The number of hydrogen-bond acceptors (Lipinski definition) is 3. The van der Waals surface area contributed by atoms with Gasteiger partial charge in [0.15, 0.2) is 0 Å². The number of benzene rings is 1. The molecular weight excluding hydrogens is 278 g/mol. The predicted molar refractivity (Wildman–Crippen MR) is 85.0 cm³/mol. The fraction of sp³-hybridized carbons (Fsp3) is 0.611. The summed E-state index contributed by atoms with van der Waals surface area (Å²) >= 11 is 0. The summed E-state index contributed by atoms with van der Waals surface area (Å²) in [5, 5.41) is 8.92. The van der Waals surface area contributed by atoms with E-state index in [1.165, 1.54) is 31.2 Å². The zero-order valence-electron chi connectivity index (χ0n) is 13.0. The van der Waals surface area contributed by atoms with E-state index in [4.69, 9.17) is 9.84 Å². The first-order valence-corrected chi connectivity index (χ1v) is 8.41. The Morgan fingerprint density at radius 3 is 2.23 bits per heavy atom. The summed E-state index contributed by atoms with van der Waals surface area (Å²) < 4.78 is 6.20. The molecule has 0 amide bonds. The largest absolute Gasteiger partial charge is 0.478 e. The monoisotopic (exact) mass is 303 g/mol. The number of ether oxygens (including phenoxy) is 1. The van der Waals surface area contributed by atoms with Crippen LogP contribution in [-0.4, -0.2) is 41.3 Å². The van der Waals surface area contributed by atoms with Crippen LogP contribution in [-0.2, 0) is 11.3 Å². The summed E-state index contributed by atoms with van der Waals surface area (Å²) in [6.45, 7) is 3.03. The third-order valence-electron chi connectivity index (χ3n) is 4.83. The molecule has 0 atom stereocenters. The fourth-order valence-electron chi connectivity index (χ4n) is 3.51. The first-order valence-electron chi connectivity index (χ1n) is 8.41. The minimum absolute atomic E-state index is 0.354. The maximum Gasteiger partial charge on any atom is 0.335 e. The SMILES string of the molecule is O=C(O)c1ccc(CN2CCC(OC3CCCC3)CC2)cc1. The summed E-state index contributed by atoms with van der Waals surface area (Å²) in [7, 11) is 0. The lowest BCUT2D eigenvalue weighted by Gasteiger charge is -2.33. The van der Waals surface area contributed by atoms with Crippen LogP contribution in [0.3, 0.4) is 0 Å². The first kappa shape index (κ1) is 15.5. The van der Waals surface area contributed by atoms with Crippen LogP contribution in [0.4, 0.5) is 0 Å². The molecule has 1 aromatic rings. The molecule has 4 heteroatoms. The second-order valence-electron chi connectivity index (χ2n) is 6.52. The maximum atomic E-state index is 10.9. The first-order chi connectivity index (χ1) is 10.7. The average Bonchev–Trinajstić information content (AvgIpc) is 3.03. The van der Waals surface area contributed by atoms with Crippen molar-refractivity contribution in [3.05, 3.63) is 35.4 Å². The Bertz CT molecular complexity index is 486. The number of likely N-dealkylation sites (tertiary alicyclic amines) is 1. The topological polar surface area (TPSA) is 49.8 Å². The molecule has 4 nitrogen and oxygen atoms in total. The van der Waals surface area contributed by atoms with Gasteiger partial charge in [-0.2, -0.15) is 0 Å². The summed E-state index contributed by atoms with van der Waals surface area (Å²) in [6, 6.07) is 7.22. The molecule has 1 aliphatic heterocycles. The van der Waals surface area contributed by atoms with Crippen molar-refractivity contribution in [3.8, 4) is 0 Å². The molecule has 120 valence electrons. The molecule has 1 saturated carbocycles. The Kier molecular flexibility index (Phi) is 5.11. The average molecular weight is 303 g/mol. The molecule has 0 spiro atoms. The van der Waals surface area contributed by atoms with Gasteiger partial charge in [0.2, 0.25) is 0 Å². The molecule has 1 saturated heterocycles. The maximum absolute atomic E-state index is 10.9. The number of carbonyl (C=O) groups is 1. The molecule has 1 aromatic carbocycles. The van der Waals surface area contributed by atoms with Crippen LogP contribution >= 0.6 is 0 Å². The summed E-state index contributed by atoms with van der Waals surface area (Å²) in [4.78, 5) is 13.3. The number of piperidine rings is 1. The van der Waals surface area contributed by atoms with Crippen molar-refractivity contribution in [3.63, 3.8) is 0 Å². The van der Waals surface area contributed by atoms with E-state index >= 15 is 0 Å². The second kappa shape index (κ2) is 7.25. The van der Waals surface area contributed by atoms with Gasteiger partial charge >= 0.3 is 5.97 Å². The van der Waals surface area contributed by atoms with E-state index in [1.807, 2.05) is 12.1 Å². The van der Waals surface area contributed by atoms with Gasteiger partial charge in [-0.05, 0) is 43.4 Å². The van der Waals surface area contributed by atoms with E-state index < -0.39 is 5.97 Å². The molecule has 2 aliphatic rings. The third kappa shape index (κ3) is 4.08. The summed E-state index contributed by atoms with van der Waals surface area (Å²) in [5.74, 6) is -0.864. The number of carboxylic acid groups (broad SMARTS) is 1. The van der Waals surface area contributed by atoms with E-state index in [9.17, 15) is 4.79 Å². The van der Waals surface area contributed by atoms with Crippen molar-refractivity contribution in [1.82, 2.24) is 4.90 Å². The minimum Gasteiger partial charge on any atom is -0.478 e. The smallest absolute Gasteiger partial charge is 0.335 e. The zero-order valence-corrected chi connectivity index (χ0v) is 13.0. The van der Waals surface area contributed by atoms with Crippen LogP contribution in [0.1, 0.15) is 54.4 Å². The molecule has 0 bridgehead atoms. The van der Waals surface area contributed by atoms with Crippen LogP contribution in [0.5, 0.6) is 0 Å². The molecule has 1 aliphatic carbocycles. The fourth-order valence-corrected chi connectivity index (χ4v) is 3.51. The van der Waals surface area contributed by atoms with E-state index in [1.54, 1.807) is 12.1 Å². The van der Waals surface area contributed by atoms with Crippen molar-refractivity contribution in [1.29, 1.82) is 0 Å². The second-order valence-corrected chi connectivity index (χ2v) is 6.52. The van der Waals surface area contributed by atoms with E-state index in [0.29, 0.717) is 17.8 Å². The van der Waals surface area contributed by atoms with Crippen molar-refractivity contribution < 1.29 is 14.6 Å².